The second-order valence-electron chi connectivity index (χ2n) is 7.87. The van der Waals surface area contributed by atoms with Crippen molar-refractivity contribution in [1.29, 1.82) is 0 Å². The number of amides is 1. The van der Waals surface area contributed by atoms with Gasteiger partial charge in [-0.2, -0.15) is 0 Å². The lowest BCUT2D eigenvalue weighted by molar-refractivity contribution is -0.111. The number of carbonyl (C=O) groups is 1. The fourth-order valence-corrected chi connectivity index (χ4v) is 4.28. The van der Waals surface area contributed by atoms with Gasteiger partial charge in [0.15, 0.2) is 5.58 Å². The monoisotopic (exact) mass is 522 g/mol. The molecule has 1 N–H and O–H groups in total. The summed E-state index contributed by atoms with van der Waals surface area (Å²) < 4.78 is 11.6. The third kappa shape index (κ3) is 5.28. The van der Waals surface area contributed by atoms with E-state index in [0.29, 0.717) is 49.3 Å². The Balaban J connectivity index is 1.32. The van der Waals surface area contributed by atoms with Crippen molar-refractivity contribution in [1.82, 2.24) is 4.98 Å². The highest BCUT2D eigenvalue weighted by Crippen LogP contribution is 2.33. The normalized spacial score (nSPS) is 11.4. The van der Waals surface area contributed by atoms with Crippen molar-refractivity contribution < 1.29 is 13.6 Å². The van der Waals surface area contributed by atoms with Gasteiger partial charge in [-0.05, 0) is 79.2 Å². The highest BCUT2D eigenvalue weighted by atomic mass is 35.5. The van der Waals surface area contributed by atoms with E-state index in [0.717, 1.165) is 16.6 Å². The molecular weight excluding hydrogens is 507 g/mol. The van der Waals surface area contributed by atoms with Gasteiger partial charge in [0.2, 0.25) is 11.8 Å². The number of halogens is 3. The van der Waals surface area contributed by atoms with Crippen LogP contribution < -0.4 is 5.32 Å². The van der Waals surface area contributed by atoms with Crippen molar-refractivity contribution in [2.75, 3.05) is 5.32 Å². The van der Waals surface area contributed by atoms with Crippen molar-refractivity contribution in [3.05, 3.63) is 99.2 Å². The van der Waals surface area contributed by atoms with Crippen LogP contribution in [0, 0.1) is 6.92 Å². The molecule has 1 amide bonds. The van der Waals surface area contributed by atoms with Gasteiger partial charge in [0, 0.05) is 27.4 Å². The van der Waals surface area contributed by atoms with Crippen LogP contribution in [0.2, 0.25) is 15.1 Å². The lowest BCUT2D eigenvalue weighted by Crippen LogP contribution is -2.07. The first-order chi connectivity index (χ1) is 16.8. The lowest BCUT2D eigenvalue weighted by Gasteiger charge is -2.05. The Morgan fingerprint density at radius 2 is 1.71 bits per heavy atom. The molecule has 0 aliphatic carbocycles. The van der Waals surface area contributed by atoms with Crippen LogP contribution in [0.3, 0.4) is 0 Å². The number of anilines is 1. The maximum absolute atomic E-state index is 12.5. The molecule has 5 rings (SSSR count). The number of aryl methyl sites for hydroxylation is 1. The summed E-state index contributed by atoms with van der Waals surface area (Å²) in [7, 11) is 0. The fourth-order valence-electron chi connectivity index (χ4n) is 3.55. The van der Waals surface area contributed by atoms with Gasteiger partial charge in [-0.15, -0.1) is 0 Å². The molecule has 0 saturated heterocycles. The average molecular weight is 524 g/mol. The van der Waals surface area contributed by atoms with Crippen LogP contribution in [0.15, 0.2) is 81.6 Å². The number of rotatable bonds is 5. The highest BCUT2D eigenvalue weighted by molar-refractivity contribution is 6.35. The molecule has 0 spiro atoms. The van der Waals surface area contributed by atoms with Gasteiger partial charge in [0.1, 0.15) is 17.0 Å². The second kappa shape index (κ2) is 9.62. The molecule has 3 aromatic carbocycles. The van der Waals surface area contributed by atoms with Crippen molar-refractivity contribution in [2.24, 2.45) is 0 Å². The number of hydrogen-bond acceptors (Lipinski definition) is 4. The Morgan fingerprint density at radius 1 is 0.914 bits per heavy atom. The van der Waals surface area contributed by atoms with E-state index in [9.17, 15) is 4.79 Å². The predicted octanol–water partition coefficient (Wildman–Crippen LogP) is 8.68. The minimum Gasteiger partial charge on any atom is -0.457 e. The Bertz CT molecular complexity index is 1580. The summed E-state index contributed by atoms with van der Waals surface area (Å²) in [5, 5.41) is 4.30. The number of furan rings is 1. The fraction of sp³-hybridized carbons (Fsp3) is 0.0370. The van der Waals surface area contributed by atoms with E-state index in [-0.39, 0.29) is 5.91 Å². The predicted molar refractivity (Wildman–Crippen MR) is 141 cm³/mol. The van der Waals surface area contributed by atoms with Crippen LogP contribution in [0.1, 0.15) is 11.3 Å². The molecule has 8 heteroatoms. The molecule has 2 heterocycles. The van der Waals surface area contributed by atoms with Crippen LogP contribution >= 0.6 is 34.8 Å². The minimum absolute atomic E-state index is 0.338. The number of hydrogen-bond donors (Lipinski definition) is 1. The van der Waals surface area contributed by atoms with E-state index in [1.165, 1.54) is 6.08 Å². The molecule has 0 atom stereocenters. The highest BCUT2D eigenvalue weighted by Gasteiger charge is 2.13. The number of fused-ring (bicyclic) bond motifs is 1. The molecule has 5 aromatic rings. The molecule has 5 nitrogen and oxygen atoms in total. The summed E-state index contributed by atoms with van der Waals surface area (Å²) in [4.78, 5) is 17.0. The number of nitrogens with one attached hydrogen (secondary N) is 1. The summed E-state index contributed by atoms with van der Waals surface area (Å²) in [6.07, 6.45) is 2.95. The van der Waals surface area contributed by atoms with E-state index in [4.69, 9.17) is 43.6 Å². The van der Waals surface area contributed by atoms with Crippen molar-refractivity contribution in [2.45, 2.75) is 6.92 Å². The summed E-state index contributed by atoms with van der Waals surface area (Å²) >= 11 is 18.5. The van der Waals surface area contributed by atoms with Gasteiger partial charge >= 0.3 is 0 Å². The molecule has 0 unspecified atom stereocenters. The zero-order valence-electron chi connectivity index (χ0n) is 18.3. The van der Waals surface area contributed by atoms with Gasteiger partial charge in [-0.25, -0.2) is 4.98 Å². The molecule has 0 saturated carbocycles. The Hall–Kier alpha value is -3.51. The smallest absolute Gasteiger partial charge is 0.248 e. The van der Waals surface area contributed by atoms with Crippen LogP contribution in [-0.4, -0.2) is 10.9 Å². The zero-order valence-corrected chi connectivity index (χ0v) is 20.6. The Kier molecular flexibility index (Phi) is 6.39. The summed E-state index contributed by atoms with van der Waals surface area (Å²) in [5.41, 5.74) is 4.36. The second-order valence-corrected chi connectivity index (χ2v) is 9.15. The van der Waals surface area contributed by atoms with Crippen LogP contribution in [0.25, 0.3) is 40.0 Å². The first-order valence-electron chi connectivity index (χ1n) is 10.6. The quantitative estimate of drug-likeness (QED) is 0.234. The number of nitrogens with zero attached hydrogens (tertiary/aromatic N) is 1. The van der Waals surface area contributed by atoms with Crippen LogP contribution in [-0.2, 0) is 4.79 Å². The van der Waals surface area contributed by atoms with Gasteiger partial charge in [0.05, 0.1) is 10.6 Å². The summed E-state index contributed by atoms with van der Waals surface area (Å²) in [5.74, 6) is 1.14. The van der Waals surface area contributed by atoms with Gasteiger partial charge in [-0.3, -0.25) is 4.79 Å². The van der Waals surface area contributed by atoms with Crippen molar-refractivity contribution in [3.8, 4) is 22.8 Å². The molecule has 35 heavy (non-hydrogen) atoms. The van der Waals surface area contributed by atoms with Crippen LogP contribution in [0.4, 0.5) is 5.69 Å². The average Bonchev–Trinajstić information content (AvgIpc) is 3.45. The SMILES string of the molecule is Cc1ccc2oc(-c3cc(NC(=O)/C=C/c4ccc(-c5cc(Cl)cc(Cl)c5)o4)ccc3Cl)nc2c1. The number of benzene rings is 3. The lowest BCUT2D eigenvalue weighted by atomic mass is 10.2. The van der Waals surface area contributed by atoms with Gasteiger partial charge in [0.25, 0.3) is 0 Å². The van der Waals surface area contributed by atoms with E-state index >= 15 is 0 Å². The first-order valence-corrected chi connectivity index (χ1v) is 11.7. The maximum Gasteiger partial charge on any atom is 0.248 e. The van der Waals surface area contributed by atoms with E-state index in [1.54, 1.807) is 54.6 Å². The number of aromatic nitrogens is 1. The van der Waals surface area contributed by atoms with E-state index in [1.807, 2.05) is 25.1 Å². The van der Waals surface area contributed by atoms with Gasteiger partial charge < -0.3 is 14.2 Å². The molecule has 174 valence electrons. The minimum atomic E-state index is -0.338. The largest absolute Gasteiger partial charge is 0.457 e. The van der Waals surface area contributed by atoms with Gasteiger partial charge in [-0.1, -0.05) is 40.9 Å². The third-order valence-electron chi connectivity index (χ3n) is 5.18. The van der Waals surface area contributed by atoms with Crippen molar-refractivity contribution >= 4 is 63.6 Å². The standard InChI is InChI=1S/C27H17Cl3N2O3/c1-15-2-7-25-23(10-15)32-27(35-25)21-14-19(3-6-22(21)30)31-26(33)9-5-20-4-8-24(34-20)16-11-17(28)13-18(29)12-16/h2-14H,1H3,(H,31,33)/b9-5+. The molecule has 0 bridgehead atoms. The third-order valence-corrected chi connectivity index (χ3v) is 5.95. The number of carbonyl (C=O) groups excluding carboxylic acids is 1. The molecular formula is C27H17Cl3N2O3. The molecule has 0 radical (unpaired) electrons. The van der Waals surface area contributed by atoms with Crippen molar-refractivity contribution in [3.63, 3.8) is 0 Å². The zero-order chi connectivity index (χ0) is 24.5. The maximum atomic E-state index is 12.5. The topological polar surface area (TPSA) is 68.3 Å². The van der Waals surface area contributed by atoms with E-state index in [2.05, 4.69) is 10.3 Å². The Morgan fingerprint density at radius 3 is 2.51 bits per heavy atom. The molecule has 0 aliphatic heterocycles. The molecule has 2 aromatic heterocycles. The summed E-state index contributed by atoms with van der Waals surface area (Å²) in [6, 6.07) is 19.6. The molecule has 0 fully saturated rings. The number of oxazole rings is 1. The van der Waals surface area contributed by atoms with Crippen LogP contribution in [0.5, 0.6) is 0 Å². The summed E-state index contributed by atoms with van der Waals surface area (Å²) in [6.45, 7) is 1.99. The van der Waals surface area contributed by atoms with E-state index < -0.39 is 0 Å². The Labute approximate surface area is 215 Å². The molecule has 0 aliphatic rings. The first kappa shape index (κ1) is 23.2.